The third-order valence-electron chi connectivity index (χ3n) is 4.31. The minimum absolute atomic E-state index is 0.291. The highest BCUT2D eigenvalue weighted by Crippen LogP contribution is 2.45. The normalized spacial score (nSPS) is 39.7. The first-order valence-corrected chi connectivity index (χ1v) is 8.90. The zero-order valence-corrected chi connectivity index (χ0v) is 11.6. The smallest absolute Gasteiger partial charge is 0.320 e. The topological polar surface area (TPSA) is 86.6 Å². The van der Waals surface area contributed by atoms with Gasteiger partial charge >= 0.3 is 5.97 Å². The van der Waals surface area contributed by atoms with Crippen LogP contribution in [0.15, 0.2) is 0 Å². The van der Waals surface area contributed by atoms with Crippen LogP contribution in [0, 0.1) is 17.8 Å². The van der Waals surface area contributed by atoms with Crippen LogP contribution in [-0.4, -0.2) is 41.4 Å². The summed E-state index contributed by atoms with van der Waals surface area (Å²) in [5.74, 6) is 0.461. The molecule has 0 radical (unpaired) electrons. The molecule has 2 fully saturated rings. The Morgan fingerprint density at radius 1 is 1.33 bits per heavy atom. The number of hydrogen-bond acceptors (Lipinski definition) is 3. The summed E-state index contributed by atoms with van der Waals surface area (Å²) in [7, 11) is -2.95. The Bertz CT molecular complexity index is 367. The van der Waals surface area contributed by atoms with Crippen molar-refractivity contribution in [2.24, 2.45) is 17.8 Å². The molecule has 1 unspecified atom stereocenters. The predicted molar refractivity (Wildman–Crippen MR) is 69.0 cm³/mol. The van der Waals surface area contributed by atoms with E-state index in [0.717, 1.165) is 25.8 Å². The highest BCUT2D eigenvalue weighted by Gasteiger charge is 2.38. The van der Waals surface area contributed by atoms with Gasteiger partial charge in [-0.05, 0) is 50.0 Å². The van der Waals surface area contributed by atoms with Crippen LogP contribution in [0.3, 0.4) is 0 Å². The Kier molecular flexibility index (Phi) is 4.15. The second-order valence-corrected chi connectivity index (χ2v) is 8.43. The Balaban J connectivity index is 1.93. The van der Waals surface area contributed by atoms with Gasteiger partial charge in [0.25, 0.3) is 0 Å². The van der Waals surface area contributed by atoms with Crippen molar-refractivity contribution in [2.75, 3.05) is 19.4 Å². The van der Waals surface area contributed by atoms with Crippen LogP contribution >= 0.6 is 7.37 Å². The maximum atomic E-state index is 11.5. The van der Waals surface area contributed by atoms with Crippen molar-refractivity contribution in [3.63, 3.8) is 0 Å². The molecular formula is C12H22NO4P. The first-order valence-electron chi connectivity index (χ1n) is 6.60. The van der Waals surface area contributed by atoms with Crippen LogP contribution in [0.25, 0.3) is 0 Å². The lowest BCUT2D eigenvalue weighted by Crippen LogP contribution is -2.49. The van der Waals surface area contributed by atoms with Gasteiger partial charge in [0.2, 0.25) is 0 Å². The molecule has 1 aliphatic carbocycles. The highest BCUT2D eigenvalue weighted by atomic mass is 31.2. The molecule has 5 atom stereocenters. The molecule has 2 rings (SSSR count). The molecule has 0 spiro atoms. The molecule has 5 nitrogen and oxygen atoms in total. The van der Waals surface area contributed by atoms with Crippen LogP contribution in [-0.2, 0) is 9.36 Å². The monoisotopic (exact) mass is 275 g/mol. The number of carboxylic acid groups (broad SMARTS) is 1. The summed E-state index contributed by atoms with van der Waals surface area (Å²) in [5, 5.41) is 12.1. The standard InChI is InChI=1S/C12H22NO4P/c1-18(16,17)7-8-2-3-9-6-13-11(12(14)15)5-10(9)4-8/h8-11,13H,2-7H2,1H3,(H,14,15)(H,16,17)/t8-,9-,10+,11-/m1/s1. The summed E-state index contributed by atoms with van der Waals surface area (Å²) in [6.07, 6.45) is 4.01. The van der Waals surface area contributed by atoms with Gasteiger partial charge in [-0.1, -0.05) is 0 Å². The van der Waals surface area contributed by atoms with Gasteiger partial charge in [0.1, 0.15) is 6.04 Å². The zero-order chi connectivity index (χ0) is 13.3. The lowest BCUT2D eigenvalue weighted by Gasteiger charge is -2.41. The third kappa shape index (κ3) is 3.56. The van der Waals surface area contributed by atoms with Gasteiger partial charge in [-0.15, -0.1) is 0 Å². The minimum Gasteiger partial charge on any atom is -0.480 e. The van der Waals surface area contributed by atoms with Crippen molar-refractivity contribution < 1.29 is 19.4 Å². The summed E-state index contributed by atoms with van der Waals surface area (Å²) in [6, 6.07) is -0.437. The molecule has 1 saturated carbocycles. The maximum Gasteiger partial charge on any atom is 0.320 e. The molecule has 6 heteroatoms. The Morgan fingerprint density at radius 3 is 2.67 bits per heavy atom. The first kappa shape index (κ1) is 14.0. The summed E-state index contributed by atoms with van der Waals surface area (Å²) in [6.45, 7) is 2.19. The molecular weight excluding hydrogens is 253 g/mol. The Labute approximate surface area is 107 Å². The predicted octanol–water partition coefficient (Wildman–Crippen LogP) is 1.37. The lowest BCUT2D eigenvalue weighted by molar-refractivity contribution is -0.141. The number of carboxylic acids is 1. The van der Waals surface area contributed by atoms with Gasteiger partial charge in [-0.25, -0.2) is 0 Å². The van der Waals surface area contributed by atoms with Crippen LogP contribution in [0.4, 0.5) is 0 Å². The van der Waals surface area contributed by atoms with Crippen molar-refractivity contribution in [3.05, 3.63) is 0 Å². The van der Waals surface area contributed by atoms with Gasteiger partial charge < -0.3 is 15.3 Å². The van der Waals surface area contributed by atoms with Crippen LogP contribution in [0.5, 0.6) is 0 Å². The highest BCUT2D eigenvalue weighted by molar-refractivity contribution is 7.57. The number of piperidine rings is 1. The largest absolute Gasteiger partial charge is 0.480 e. The quantitative estimate of drug-likeness (QED) is 0.677. The fraction of sp³-hybridized carbons (Fsp3) is 0.917. The summed E-state index contributed by atoms with van der Waals surface area (Å²) in [5.41, 5.74) is 0. The van der Waals surface area contributed by atoms with Crippen molar-refractivity contribution in [3.8, 4) is 0 Å². The summed E-state index contributed by atoms with van der Waals surface area (Å²) < 4.78 is 11.5. The van der Waals surface area contributed by atoms with Crippen LogP contribution in [0.1, 0.15) is 25.7 Å². The van der Waals surface area contributed by atoms with Gasteiger partial charge in [-0.2, -0.15) is 0 Å². The van der Waals surface area contributed by atoms with Gasteiger partial charge in [0, 0.05) is 12.8 Å². The average molecular weight is 275 g/mol. The Hall–Kier alpha value is -0.380. The van der Waals surface area contributed by atoms with Gasteiger partial charge in [0.05, 0.1) is 0 Å². The third-order valence-corrected chi connectivity index (χ3v) is 5.50. The number of hydrogen-bond donors (Lipinski definition) is 3. The van der Waals surface area contributed by atoms with E-state index in [4.69, 9.17) is 5.11 Å². The van der Waals surface area contributed by atoms with Gasteiger partial charge in [-0.3, -0.25) is 9.36 Å². The fourth-order valence-electron chi connectivity index (χ4n) is 3.49. The van der Waals surface area contributed by atoms with Crippen molar-refractivity contribution in [1.29, 1.82) is 0 Å². The van der Waals surface area contributed by atoms with Crippen molar-refractivity contribution >= 4 is 13.3 Å². The molecule has 0 amide bonds. The van der Waals surface area contributed by atoms with E-state index in [0.29, 0.717) is 30.3 Å². The number of nitrogens with one attached hydrogen (secondary N) is 1. The van der Waals surface area contributed by atoms with E-state index in [-0.39, 0.29) is 0 Å². The molecule has 0 aromatic carbocycles. The molecule has 1 saturated heterocycles. The van der Waals surface area contributed by atoms with Crippen LogP contribution in [0.2, 0.25) is 0 Å². The molecule has 2 aliphatic rings. The zero-order valence-electron chi connectivity index (χ0n) is 10.7. The van der Waals surface area contributed by atoms with Crippen LogP contribution < -0.4 is 5.32 Å². The van der Waals surface area contributed by atoms with E-state index in [1.54, 1.807) is 0 Å². The molecule has 1 heterocycles. The SMILES string of the molecule is CP(=O)(O)C[C@@H]1CC[C@@H]2CN[C@@H](C(=O)O)C[C@@H]2C1. The summed E-state index contributed by atoms with van der Waals surface area (Å²) in [4.78, 5) is 20.4. The minimum atomic E-state index is -2.95. The molecule has 3 N–H and O–H groups in total. The Morgan fingerprint density at radius 2 is 2.06 bits per heavy atom. The van der Waals surface area contributed by atoms with Gasteiger partial charge in [0.15, 0.2) is 7.37 Å². The van der Waals surface area contributed by atoms with E-state index in [1.807, 2.05) is 0 Å². The number of rotatable bonds is 3. The van der Waals surface area contributed by atoms with E-state index < -0.39 is 19.4 Å². The van der Waals surface area contributed by atoms with Crippen molar-refractivity contribution in [1.82, 2.24) is 5.32 Å². The lowest BCUT2D eigenvalue weighted by atomic mass is 9.70. The second kappa shape index (κ2) is 5.32. The average Bonchev–Trinajstić information content (AvgIpc) is 2.25. The second-order valence-electron chi connectivity index (χ2n) is 5.97. The molecule has 18 heavy (non-hydrogen) atoms. The molecule has 0 aromatic rings. The number of carbonyl (C=O) groups is 1. The van der Waals surface area contributed by atoms with Crippen molar-refractivity contribution in [2.45, 2.75) is 31.7 Å². The van der Waals surface area contributed by atoms with E-state index >= 15 is 0 Å². The molecule has 104 valence electrons. The number of fused-ring (bicyclic) bond motifs is 1. The fourth-order valence-corrected chi connectivity index (χ4v) is 4.78. The number of aliphatic carboxylic acids is 1. The van der Waals surface area contributed by atoms with E-state index in [2.05, 4.69) is 5.32 Å². The van der Waals surface area contributed by atoms with E-state index in [1.165, 1.54) is 6.66 Å². The molecule has 0 bridgehead atoms. The molecule has 1 aliphatic heterocycles. The maximum absolute atomic E-state index is 11.5. The summed E-state index contributed by atoms with van der Waals surface area (Å²) >= 11 is 0. The first-order chi connectivity index (χ1) is 8.35. The van der Waals surface area contributed by atoms with E-state index in [9.17, 15) is 14.3 Å². The molecule has 0 aromatic heterocycles.